The lowest BCUT2D eigenvalue weighted by Crippen LogP contribution is -2.34. The molecule has 3 amide bonds. The van der Waals surface area contributed by atoms with Gasteiger partial charge in [-0.3, -0.25) is 10.1 Å². The number of urea groups is 1. The van der Waals surface area contributed by atoms with Gasteiger partial charge in [-0.05, 0) is 30.7 Å². The van der Waals surface area contributed by atoms with Gasteiger partial charge in [0.2, 0.25) is 0 Å². The van der Waals surface area contributed by atoms with Crippen LogP contribution in [0.4, 0.5) is 16.4 Å². The van der Waals surface area contributed by atoms with Crippen LogP contribution in [0.15, 0.2) is 22.4 Å². The van der Waals surface area contributed by atoms with E-state index in [0.717, 1.165) is 21.8 Å². The van der Waals surface area contributed by atoms with Gasteiger partial charge in [-0.2, -0.15) is 0 Å². The van der Waals surface area contributed by atoms with Gasteiger partial charge in [0.25, 0.3) is 15.9 Å². The largest absolute Gasteiger partial charge is 0.384 e. The zero-order valence-corrected chi connectivity index (χ0v) is 17.2. The number of hydrogen-bond acceptors (Lipinski definition) is 8. The molecule has 0 spiro atoms. The molecule has 0 radical (unpaired) electrons. The highest BCUT2D eigenvalue weighted by Gasteiger charge is 2.22. The second-order valence-corrected chi connectivity index (χ2v) is 8.77. The molecule has 0 fully saturated rings. The number of thiophene rings is 1. The van der Waals surface area contributed by atoms with Crippen LogP contribution in [0.25, 0.3) is 0 Å². The monoisotopic (exact) mass is 427 g/mol. The summed E-state index contributed by atoms with van der Waals surface area (Å²) >= 11 is 1.07. The number of hydrogen-bond donors (Lipinski definition) is 4. The maximum absolute atomic E-state index is 12.5. The van der Waals surface area contributed by atoms with Crippen LogP contribution < -0.4 is 21.1 Å². The molecule has 0 atom stereocenters. The van der Waals surface area contributed by atoms with E-state index in [1.54, 1.807) is 14.0 Å². The zero-order chi connectivity index (χ0) is 20.9. The Morgan fingerprint density at radius 3 is 2.64 bits per heavy atom. The Kier molecular flexibility index (Phi) is 6.94. The molecule has 0 aliphatic carbocycles. The van der Waals surface area contributed by atoms with E-state index in [-0.39, 0.29) is 21.4 Å². The Balaban J connectivity index is 2.14. The standard InChI is InChI=1S/C16H21N5O5S2/c1-9-6-14(27-11(9)4-5-26-3)28(24,25)21-16(23)20-13-8-10(15(22)18-2)7-12(17)19-13/h6-8H,4-5H2,1-3H3,(H,18,22)(H4,17,19,20,21,23). The molecule has 2 heterocycles. The molecule has 28 heavy (non-hydrogen) atoms. The third-order valence-corrected chi connectivity index (χ3v) is 6.70. The van der Waals surface area contributed by atoms with Crippen LogP contribution in [-0.2, 0) is 21.2 Å². The highest BCUT2D eigenvalue weighted by Crippen LogP contribution is 2.26. The fraction of sp³-hybridized carbons (Fsp3) is 0.312. The molecule has 0 aromatic carbocycles. The Hall–Kier alpha value is -2.70. The normalized spacial score (nSPS) is 11.1. The summed E-state index contributed by atoms with van der Waals surface area (Å²) in [5, 5.41) is 4.68. The Bertz CT molecular complexity index is 987. The molecule has 0 saturated heterocycles. The van der Waals surface area contributed by atoms with Gasteiger partial charge in [-0.25, -0.2) is 22.9 Å². The molecule has 5 N–H and O–H groups in total. The Morgan fingerprint density at radius 2 is 2.00 bits per heavy atom. The van der Waals surface area contributed by atoms with E-state index in [2.05, 4.69) is 15.6 Å². The van der Waals surface area contributed by atoms with E-state index in [9.17, 15) is 18.0 Å². The smallest absolute Gasteiger partial charge is 0.334 e. The van der Waals surface area contributed by atoms with Crippen molar-refractivity contribution in [2.24, 2.45) is 0 Å². The summed E-state index contributed by atoms with van der Waals surface area (Å²) in [6, 6.07) is 3.08. The molecular weight excluding hydrogens is 406 g/mol. The molecule has 0 aliphatic heterocycles. The van der Waals surface area contributed by atoms with Crippen molar-refractivity contribution < 1.29 is 22.7 Å². The van der Waals surface area contributed by atoms with Gasteiger partial charge in [-0.15, -0.1) is 11.3 Å². The lowest BCUT2D eigenvalue weighted by Gasteiger charge is -2.09. The molecular formula is C16H21N5O5S2. The maximum Gasteiger partial charge on any atom is 0.334 e. The first kappa shape index (κ1) is 21.6. The van der Waals surface area contributed by atoms with Gasteiger partial charge in [0.05, 0.1) is 6.61 Å². The minimum atomic E-state index is -4.07. The van der Waals surface area contributed by atoms with E-state index in [0.29, 0.717) is 13.0 Å². The predicted molar refractivity (Wildman–Crippen MR) is 106 cm³/mol. The number of sulfonamides is 1. The van der Waals surface area contributed by atoms with Crippen molar-refractivity contribution >= 4 is 44.9 Å². The van der Waals surface area contributed by atoms with Crippen molar-refractivity contribution in [2.75, 3.05) is 31.8 Å². The van der Waals surface area contributed by atoms with Gasteiger partial charge in [0.1, 0.15) is 15.8 Å². The first-order valence-electron chi connectivity index (χ1n) is 8.08. The van der Waals surface area contributed by atoms with Crippen LogP contribution in [-0.4, -0.2) is 46.1 Å². The minimum Gasteiger partial charge on any atom is -0.384 e. The minimum absolute atomic E-state index is 0.00377. The lowest BCUT2D eigenvalue weighted by molar-refractivity contribution is 0.0963. The number of nitrogen functional groups attached to an aromatic ring is 1. The van der Waals surface area contributed by atoms with Crippen molar-refractivity contribution in [1.29, 1.82) is 0 Å². The number of pyridine rings is 1. The Labute approximate surface area is 166 Å². The van der Waals surface area contributed by atoms with Crippen molar-refractivity contribution in [3.05, 3.63) is 34.2 Å². The molecule has 2 rings (SSSR count). The second kappa shape index (κ2) is 8.99. The van der Waals surface area contributed by atoms with Gasteiger partial charge >= 0.3 is 6.03 Å². The molecule has 2 aromatic rings. The lowest BCUT2D eigenvalue weighted by atomic mass is 10.2. The van der Waals surface area contributed by atoms with Crippen molar-refractivity contribution in [3.8, 4) is 0 Å². The number of nitrogens with two attached hydrogens (primary N) is 1. The van der Waals surface area contributed by atoms with Crippen LogP contribution in [0.1, 0.15) is 20.8 Å². The SMILES string of the molecule is CNC(=O)c1cc(N)nc(NC(=O)NS(=O)(=O)c2cc(C)c(CCOC)s2)c1. The number of anilines is 2. The van der Waals surface area contributed by atoms with Crippen molar-refractivity contribution in [1.82, 2.24) is 15.0 Å². The first-order chi connectivity index (χ1) is 13.2. The summed E-state index contributed by atoms with van der Waals surface area (Å²) in [5.74, 6) is -0.492. The number of aryl methyl sites for hydroxylation is 1. The Morgan fingerprint density at radius 1 is 1.29 bits per heavy atom. The van der Waals surface area contributed by atoms with Crippen LogP contribution in [0.2, 0.25) is 0 Å². The van der Waals surface area contributed by atoms with E-state index >= 15 is 0 Å². The topological polar surface area (TPSA) is 153 Å². The number of aromatic nitrogens is 1. The van der Waals surface area contributed by atoms with Crippen LogP contribution in [0, 0.1) is 6.92 Å². The molecule has 0 saturated carbocycles. The highest BCUT2D eigenvalue weighted by atomic mass is 32.2. The summed E-state index contributed by atoms with van der Waals surface area (Å²) in [6.07, 6.45) is 0.574. The number of carbonyl (C=O) groups excluding carboxylic acids is 2. The number of nitrogens with zero attached hydrogens (tertiary/aromatic N) is 1. The predicted octanol–water partition coefficient (Wildman–Crippen LogP) is 1.09. The average molecular weight is 428 g/mol. The zero-order valence-electron chi connectivity index (χ0n) is 15.5. The van der Waals surface area contributed by atoms with E-state index in [1.807, 2.05) is 4.72 Å². The molecule has 0 aliphatic rings. The third-order valence-electron chi connectivity index (χ3n) is 3.60. The maximum atomic E-state index is 12.5. The molecule has 2 aromatic heterocycles. The second-order valence-electron chi connectivity index (χ2n) is 5.72. The first-order valence-corrected chi connectivity index (χ1v) is 10.4. The quantitative estimate of drug-likeness (QED) is 0.516. The van der Waals surface area contributed by atoms with E-state index < -0.39 is 22.0 Å². The van der Waals surface area contributed by atoms with Crippen LogP contribution in [0.5, 0.6) is 0 Å². The van der Waals surface area contributed by atoms with Gasteiger partial charge < -0.3 is 15.8 Å². The summed E-state index contributed by atoms with van der Waals surface area (Å²) < 4.78 is 31.9. The number of rotatable bonds is 7. The summed E-state index contributed by atoms with van der Waals surface area (Å²) in [4.78, 5) is 28.6. The molecule has 0 bridgehead atoms. The fourth-order valence-electron chi connectivity index (χ4n) is 2.27. The van der Waals surface area contributed by atoms with E-state index in [1.165, 1.54) is 25.2 Å². The van der Waals surface area contributed by atoms with Gasteiger partial charge in [0, 0.05) is 31.0 Å². The number of methoxy groups -OCH3 is 1. The van der Waals surface area contributed by atoms with E-state index in [4.69, 9.17) is 10.5 Å². The molecule has 0 unspecified atom stereocenters. The molecule has 152 valence electrons. The number of ether oxygens (including phenoxy) is 1. The van der Waals surface area contributed by atoms with Crippen molar-refractivity contribution in [3.63, 3.8) is 0 Å². The number of nitrogens with one attached hydrogen (secondary N) is 3. The summed E-state index contributed by atoms with van der Waals surface area (Å²) in [7, 11) is -1.07. The van der Waals surface area contributed by atoms with Crippen LogP contribution in [0.3, 0.4) is 0 Å². The average Bonchev–Trinajstić information content (AvgIpc) is 2.99. The molecule has 12 heteroatoms. The van der Waals surface area contributed by atoms with Crippen molar-refractivity contribution in [2.45, 2.75) is 17.6 Å². The number of amides is 3. The fourth-order valence-corrected chi connectivity index (χ4v) is 4.75. The van der Waals surface area contributed by atoms with Gasteiger partial charge in [-0.1, -0.05) is 0 Å². The van der Waals surface area contributed by atoms with Gasteiger partial charge in [0.15, 0.2) is 0 Å². The highest BCUT2D eigenvalue weighted by molar-refractivity contribution is 7.92. The number of carbonyl (C=O) groups is 2. The summed E-state index contributed by atoms with van der Waals surface area (Å²) in [5.41, 5.74) is 6.59. The third kappa shape index (κ3) is 5.41. The van der Waals surface area contributed by atoms with Crippen LogP contribution >= 0.6 is 11.3 Å². The molecule has 10 nitrogen and oxygen atoms in total. The summed E-state index contributed by atoms with van der Waals surface area (Å²) in [6.45, 7) is 2.25.